The van der Waals surface area contributed by atoms with Gasteiger partial charge in [-0.05, 0) is 26.3 Å². The summed E-state index contributed by atoms with van der Waals surface area (Å²) in [5, 5.41) is 13.7. The molecule has 1 aliphatic rings. The Labute approximate surface area is 117 Å². The molecule has 20 heavy (non-hydrogen) atoms. The summed E-state index contributed by atoms with van der Waals surface area (Å²) >= 11 is 0. The van der Waals surface area contributed by atoms with E-state index in [2.05, 4.69) is 5.32 Å². The van der Waals surface area contributed by atoms with E-state index in [0.29, 0.717) is 6.54 Å². The first-order valence-electron chi connectivity index (χ1n) is 6.48. The quantitative estimate of drug-likeness (QED) is 0.519. The molecule has 2 atom stereocenters. The van der Waals surface area contributed by atoms with E-state index in [4.69, 9.17) is 4.74 Å². The fourth-order valence-corrected chi connectivity index (χ4v) is 2.12. The number of carbonyl (C=O) groups excluding carboxylic acids is 1. The fourth-order valence-electron chi connectivity index (χ4n) is 2.12. The first kappa shape index (κ1) is 14.5. The van der Waals surface area contributed by atoms with Crippen molar-refractivity contribution in [3.8, 4) is 0 Å². The number of non-ortho nitro benzene ring substituents is 1. The molecule has 108 valence electrons. The van der Waals surface area contributed by atoms with Crippen LogP contribution in [-0.2, 0) is 9.53 Å². The van der Waals surface area contributed by atoms with E-state index in [1.807, 2.05) is 20.8 Å². The van der Waals surface area contributed by atoms with Crippen LogP contribution in [-0.4, -0.2) is 29.1 Å². The van der Waals surface area contributed by atoms with Gasteiger partial charge in [0, 0.05) is 24.6 Å². The number of hydrogen-bond acceptors (Lipinski definition) is 5. The van der Waals surface area contributed by atoms with Gasteiger partial charge in [-0.3, -0.25) is 14.9 Å². The number of esters is 1. The van der Waals surface area contributed by atoms with Crippen LogP contribution in [0.15, 0.2) is 24.3 Å². The van der Waals surface area contributed by atoms with Crippen LogP contribution in [0.5, 0.6) is 0 Å². The van der Waals surface area contributed by atoms with Gasteiger partial charge in [0.05, 0.1) is 4.92 Å². The maximum atomic E-state index is 12.0. The highest BCUT2D eigenvalue weighted by Crippen LogP contribution is 2.29. The lowest BCUT2D eigenvalue weighted by Gasteiger charge is -2.38. The van der Waals surface area contributed by atoms with Crippen molar-refractivity contribution in [2.75, 3.05) is 6.54 Å². The van der Waals surface area contributed by atoms with Gasteiger partial charge in [0.2, 0.25) is 0 Å². The maximum absolute atomic E-state index is 12.0. The standard InChI is InChI=1S/C14H18N2O4/c1-14(2,3)20-13(17)12-11(8-15-12)9-4-6-10(7-5-9)16(18)19/h4-7,11-12,15H,8H2,1-3H3. The zero-order valence-electron chi connectivity index (χ0n) is 11.8. The molecule has 0 bridgehead atoms. The van der Waals surface area contributed by atoms with E-state index in [0.717, 1.165) is 5.56 Å². The summed E-state index contributed by atoms with van der Waals surface area (Å²) in [4.78, 5) is 22.2. The summed E-state index contributed by atoms with van der Waals surface area (Å²) in [5.74, 6) is -0.280. The smallest absolute Gasteiger partial charge is 0.324 e. The van der Waals surface area contributed by atoms with Gasteiger partial charge in [0.25, 0.3) is 5.69 Å². The lowest BCUT2D eigenvalue weighted by molar-refractivity contribution is -0.384. The minimum absolute atomic E-state index is 0.00524. The number of nitrogens with one attached hydrogen (secondary N) is 1. The average molecular weight is 278 g/mol. The molecule has 2 rings (SSSR count). The molecule has 1 fully saturated rings. The number of hydrogen-bond donors (Lipinski definition) is 1. The van der Waals surface area contributed by atoms with Gasteiger partial charge in [-0.15, -0.1) is 0 Å². The monoisotopic (exact) mass is 278 g/mol. The van der Waals surface area contributed by atoms with Crippen LogP contribution in [0, 0.1) is 10.1 Å². The largest absolute Gasteiger partial charge is 0.459 e. The minimum Gasteiger partial charge on any atom is -0.459 e. The molecule has 0 radical (unpaired) electrons. The Morgan fingerprint density at radius 3 is 2.35 bits per heavy atom. The third-order valence-corrected chi connectivity index (χ3v) is 3.15. The van der Waals surface area contributed by atoms with Crippen LogP contribution in [0.1, 0.15) is 32.3 Å². The number of nitro benzene ring substituents is 1. The van der Waals surface area contributed by atoms with Crippen LogP contribution < -0.4 is 5.32 Å². The first-order valence-corrected chi connectivity index (χ1v) is 6.48. The van der Waals surface area contributed by atoms with E-state index < -0.39 is 10.5 Å². The van der Waals surface area contributed by atoms with Crippen molar-refractivity contribution in [3.05, 3.63) is 39.9 Å². The molecule has 1 saturated heterocycles. The Morgan fingerprint density at radius 1 is 1.35 bits per heavy atom. The van der Waals surface area contributed by atoms with E-state index in [9.17, 15) is 14.9 Å². The second-order valence-corrected chi connectivity index (χ2v) is 5.87. The van der Waals surface area contributed by atoms with Gasteiger partial charge in [-0.1, -0.05) is 12.1 Å². The van der Waals surface area contributed by atoms with Crippen LogP contribution in [0.3, 0.4) is 0 Å². The molecule has 0 aliphatic carbocycles. The molecular formula is C14H18N2O4. The number of benzene rings is 1. The predicted octanol–water partition coefficient (Wildman–Crippen LogP) is 1.99. The third-order valence-electron chi connectivity index (χ3n) is 3.15. The van der Waals surface area contributed by atoms with Gasteiger partial charge in [0.1, 0.15) is 11.6 Å². The van der Waals surface area contributed by atoms with Gasteiger partial charge < -0.3 is 10.1 Å². The molecule has 0 aromatic heterocycles. The SMILES string of the molecule is CC(C)(C)OC(=O)C1NCC1c1ccc([N+](=O)[O-])cc1. The van der Waals surface area contributed by atoms with E-state index in [-0.39, 0.29) is 23.6 Å². The van der Waals surface area contributed by atoms with Gasteiger partial charge in [0.15, 0.2) is 0 Å². The number of nitrogens with zero attached hydrogens (tertiary/aromatic N) is 1. The Hall–Kier alpha value is -1.95. The number of nitro groups is 1. The second-order valence-electron chi connectivity index (χ2n) is 5.87. The van der Waals surface area contributed by atoms with Gasteiger partial charge in [-0.2, -0.15) is 0 Å². The van der Waals surface area contributed by atoms with Crippen LogP contribution in [0.2, 0.25) is 0 Å². The topological polar surface area (TPSA) is 81.5 Å². The number of ether oxygens (including phenoxy) is 1. The molecule has 0 saturated carbocycles. The van der Waals surface area contributed by atoms with Crippen molar-refractivity contribution in [2.24, 2.45) is 0 Å². The van der Waals surface area contributed by atoms with Crippen LogP contribution in [0.25, 0.3) is 0 Å². The van der Waals surface area contributed by atoms with Crippen molar-refractivity contribution >= 4 is 11.7 Å². The minimum atomic E-state index is -0.519. The highest BCUT2D eigenvalue weighted by Gasteiger charge is 2.39. The van der Waals surface area contributed by atoms with Crippen molar-refractivity contribution in [3.63, 3.8) is 0 Å². The molecule has 2 unspecified atom stereocenters. The Morgan fingerprint density at radius 2 is 1.95 bits per heavy atom. The molecule has 1 aliphatic heterocycles. The molecule has 1 aromatic rings. The highest BCUT2D eigenvalue weighted by molar-refractivity contribution is 5.79. The zero-order chi connectivity index (χ0) is 14.9. The summed E-state index contributed by atoms with van der Waals surface area (Å²) in [6, 6.07) is 5.93. The van der Waals surface area contributed by atoms with Gasteiger partial charge >= 0.3 is 5.97 Å². The third kappa shape index (κ3) is 3.14. The summed E-state index contributed by atoms with van der Waals surface area (Å²) in [5.41, 5.74) is 0.439. The van der Waals surface area contributed by atoms with Crippen molar-refractivity contribution < 1.29 is 14.5 Å². The summed E-state index contributed by atoms with van der Waals surface area (Å²) in [6.07, 6.45) is 0. The summed E-state index contributed by atoms with van der Waals surface area (Å²) < 4.78 is 5.35. The van der Waals surface area contributed by atoms with Crippen molar-refractivity contribution in [2.45, 2.75) is 38.3 Å². The molecule has 1 N–H and O–H groups in total. The van der Waals surface area contributed by atoms with Crippen molar-refractivity contribution in [1.29, 1.82) is 0 Å². The Bertz CT molecular complexity index is 519. The highest BCUT2D eigenvalue weighted by atomic mass is 16.6. The first-order chi connectivity index (χ1) is 9.28. The molecule has 1 aromatic carbocycles. The molecular weight excluding hydrogens is 260 g/mol. The van der Waals surface area contributed by atoms with E-state index in [1.54, 1.807) is 12.1 Å². The number of carbonyl (C=O) groups is 1. The zero-order valence-corrected chi connectivity index (χ0v) is 11.8. The summed E-state index contributed by atoms with van der Waals surface area (Å²) in [6.45, 7) is 6.14. The molecule has 6 nitrogen and oxygen atoms in total. The van der Waals surface area contributed by atoms with Crippen molar-refractivity contribution in [1.82, 2.24) is 5.32 Å². The van der Waals surface area contributed by atoms with Crippen LogP contribution in [0.4, 0.5) is 5.69 Å². The normalized spacial score (nSPS) is 21.9. The Balaban J connectivity index is 2.06. The second kappa shape index (κ2) is 5.20. The Kier molecular flexibility index (Phi) is 3.76. The molecule has 0 spiro atoms. The fraction of sp³-hybridized carbons (Fsp3) is 0.500. The molecule has 0 amide bonds. The lowest BCUT2D eigenvalue weighted by atomic mass is 9.85. The average Bonchev–Trinajstić information content (AvgIpc) is 2.25. The number of rotatable bonds is 3. The van der Waals surface area contributed by atoms with E-state index in [1.165, 1.54) is 12.1 Å². The molecule has 6 heteroatoms. The maximum Gasteiger partial charge on any atom is 0.324 e. The lowest BCUT2D eigenvalue weighted by Crippen LogP contribution is -2.57. The van der Waals surface area contributed by atoms with Gasteiger partial charge in [-0.25, -0.2) is 0 Å². The summed E-state index contributed by atoms with van der Waals surface area (Å²) in [7, 11) is 0. The van der Waals surface area contributed by atoms with E-state index >= 15 is 0 Å². The molecule has 1 heterocycles. The predicted molar refractivity (Wildman–Crippen MR) is 73.5 cm³/mol. The van der Waals surface area contributed by atoms with Crippen LogP contribution >= 0.6 is 0 Å².